The number of rotatable bonds is 0. The molecule has 0 N–H and O–H groups in total. The van der Waals surface area contributed by atoms with E-state index >= 15 is 0 Å². The van der Waals surface area contributed by atoms with Crippen LogP contribution in [0.5, 0.6) is 0 Å². The molecule has 0 aliphatic carbocycles. The molecule has 0 radical (unpaired) electrons. The maximum Gasteiger partial charge on any atom is 0.158 e. The molecule has 0 unspecified atom stereocenters. The van der Waals surface area contributed by atoms with Crippen LogP contribution in [0.1, 0.15) is 25.2 Å². The monoisotopic (exact) mass is 255 g/mol. The van der Waals surface area contributed by atoms with Crippen molar-refractivity contribution in [3.05, 3.63) is 28.1 Å². The van der Waals surface area contributed by atoms with Crippen molar-refractivity contribution in [2.45, 2.75) is 27.7 Å². The van der Waals surface area contributed by atoms with Crippen LogP contribution in [0.25, 0.3) is 5.65 Å². The molecule has 2 aromatic heterocycles. The molecule has 3 nitrogen and oxygen atoms in total. The molecule has 2 rings (SSSR count). The molecular formula is C10H14BrN3. The summed E-state index contributed by atoms with van der Waals surface area (Å²) in [5.41, 5.74) is 2.06. The number of halogens is 1. The first-order valence-electron chi connectivity index (χ1n) is 4.66. The maximum atomic E-state index is 4.28. The van der Waals surface area contributed by atoms with Gasteiger partial charge in [0.15, 0.2) is 5.65 Å². The summed E-state index contributed by atoms with van der Waals surface area (Å²) < 4.78 is 2.81. The van der Waals surface area contributed by atoms with Gasteiger partial charge in [0.05, 0.1) is 0 Å². The second-order valence-electron chi connectivity index (χ2n) is 2.77. The lowest BCUT2D eigenvalue weighted by molar-refractivity contribution is 0.923. The van der Waals surface area contributed by atoms with Gasteiger partial charge >= 0.3 is 0 Å². The molecule has 0 atom stereocenters. The molecule has 4 heteroatoms. The van der Waals surface area contributed by atoms with Gasteiger partial charge in [-0.05, 0) is 41.4 Å². The number of hydrogen-bond acceptors (Lipinski definition) is 2. The van der Waals surface area contributed by atoms with Crippen LogP contribution in [-0.2, 0) is 0 Å². The Bertz CT molecular complexity index is 434. The summed E-state index contributed by atoms with van der Waals surface area (Å²) in [6.45, 7) is 7.91. The van der Waals surface area contributed by atoms with Crippen LogP contribution in [-0.4, -0.2) is 14.6 Å². The van der Waals surface area contributed by atoms with Gasteiger partial charge in [-0.3, -0.25) is 0 Å². The summed E-state index contributed by atoms with van der Waals surface area (Å²) in [7, 11) is 0. The largest absolute Gasteiger partial charge is 0.219 e. The average molecular weight is 256 g/mol. The molecule has 2 heterocycles. The topological polar surface area (TPSA) is 30.2 Å². The van der Waals surface area contributed by atoms with Crippen molar-refractivity contribution < 1.29 is 0 Å². The van der Waals surface area contributed by atoms with Crippen LogP contribution < -0.4 is 0 Å². The van der Waals surface area contributed by atoms with E-state index in [0.29, 0.717) is 0 Å². The van der Waals surface area contributed by atoms with Gasteiger partial charge < -0.3 is 0 Å². The van der Waals surface area contributed by atoms with Gasteiger partial charge in [-0.25, -0.2) is 9.50 Å². The highest BCUT2D eigenvalue weighted by Crippen LogP contribution is 2.15. The quantitative estimate of drug-likeness (QED) is 0.724. The molecule has 0 fully saturated rings. The van der Waals surface area contributed by atoms with Crippen molar-refractivity contribution in [1.82, 2.24) is 14.6 Å². The maximum absolute atomic E-state index is 4.28. The Labute approximate surface area is 92.3 Å². The highest BCUT2D eigenvalue weighted by molar-refractivity contribution is 9.10. The Hall–Kier alpha value is -0.900. The van der Waals surface area contributed by atoms with E-state index in [-0.39, 0.29) is 0 Å². The smallest absolute Gasteiger partial charge is 0.158 e. The molecular weight excluding hydrogens is 242 g/mol. The zero-order valence-electron chi connectivity index (χ0n) is 8.87. The predicted octanol–water partition coefficient (Wildman–Crippen LogP) is 3.13. The molecule has 0 aromatic carbocycles. The van der Waals surface area contributed by atoms with E-state index in [1.807, 2.05) is 40.0 Å². The van der Waals surface area contributed by atoms with Crippen molar-refractivity contribution in [2.24, 2.45) is 0 Å². The van der Waals surface area contributed by atoms with Crippen molar-refractivity contribution in [3.8, 4) is 0 Å². The van der Waals surface area contributed by atoms with Crippen molar-refractivity contribution in [2.75, 3.05) is 0 Å². The summed E-state index contributed by atoms with van der Waals surface area (Å²) in [4.78, 5) is 4.28. The fraction of sp³-hybridized carbons (Fsp3) is 0.400. The van der Waals surface area contributed by atoms with Crippen LogP contribution in [0.2, 0.25) is 0 Å². The van der Waals surface area contributed by atoms with Gasteiger partial charge in [0.25, 0.3) is 0 Å². The van der Waals surface area contributed by atoms with Gasteiger partial charge in [-0.2, -0.15) is 5.10 Å². The highest BCUT2D eigenvalue weighted by Gasteiger charge is 2.02. The predicted molar refractivity (Wildman–Crippen MR) is 61.5 cm³/mol. The van der Waals surface area contributed by atoms with E-state index in [1.54, 1.807) is 4.52 Å². The number of hydrogen-bond donors (Lipinski definition) is 0. The zero-order chi connectivity index (χ0) is 10.7. The fourth-order valence-corrected chi connectivity index (χ4v) is 1.75. The molecule has 0 saturated carbocycles. The third kappa shape index (κ3) is 2.12. The Kier molecular flexibility index (Phi) is 3.63. The van der Waals surface area contributed by atoms with Crippen LogP contribution in [0, 0.1) is 13.8 Å². The van der Waals surface area contributed by atoms with Gasteiger partial charge in [-0.15, -0.1) is 0 Å². The van der Waals surface area contributed by atoms with Crippen LogP contribution >= 0.6 is 15.9 Å². The Morgan fingerprint density at radius 2 is 1.93 bits per heavy atom. The molecule has 0 amide bonds. The summed E-state index contributed by atoms with van der Waals surface area (Å²) in [6.07, 6.45) is 1.91. The molecule has 0 spiro atoms. The number of fused-ring (bicyclic) bond motifs is 1. The first kappa shape index (κ1) is 11.2. The van der Waals surface area contributed by atoms with Gasteiger partial charge in [0.2, 0.25) is 0 Å². The average Bonchev–Trinajstić information content (AvgIpc) is 2.49. The van der Waals surface area contributed by atoms with Gasteiger partial charge in [-0.1, -0.05) is 13.8 Å². The minimum Gasteiger partial charge on any atom is -0.219 e. The van der Waals surface area contributed by atoms with E-state index in [9.17, 15) is 0 Å². The summed E-state index contributed by atoms with van der Waals surface area (Å²) >= 11 is 3.40. The summed E-state index contributed by atoms with van der Waals surface area (Å²) in [6, 6.07) is 2.03. The van der Waals surface area contributed by atoms with E-state index in [4.69, 9.17) is 0 Å². The minimum absolute atomic E-state index is 0.802. The molecule has 0 aliphatic heterocycles. The minimum atomic E-state index is 0.802. The lowest BCUT2D eigenvalue weighted by Crippen LogP contribution is -1.89. The van der Waals surface area contributed by atoms with Crippen LogP contribution in [0.3, 0.4) is 0 Å². The summed E-state index contributed by atoms with van der Waals surface area (Å²) in [5.74, 6) is 0.802. The van der Waals surface area contributed by atoms with E-state index < -0.39 is 0 Å². The standard InChI is InChI=1S/C8H8BrN3.C2H6/c1-5-3-7(9)4-12-8(5)10-6(2)11-12;1-2/h3-4H,1-2H3;1-2H3. The van der Waals surface area contributed by atoms with E-state index in [0.717, 1.165) is 21.5 Å². The van der Waals surface area contributed by atoms with Crippen LogP contribution in [0.15, 0.2) is 16.7 Å². The lowest BCUT2D eigenvalue weighted by atomic mass is 10.3. The molecule has 0 bridgehead atoms. The normalized spacial score (nSPS) is 9.79. The van der Waals surface area contributed by atoms with E-state index in [2.05, 4.69) is 26.0 Å². The fourth-order valence-electron chi connectivity index (χ4n) is 1.21. The zero-order valence-corrected chi connectivity index (χ0v) is 10.5. The number of aryl methyl sites for hydroxylation is 2. The number of pyridine rings is 1. The first-order chi connectivity index (χ1) is 6.66. The third-order valence-corrected chi connectivity index (χ3v) is 2.12. The SMILES string of the molecule is CC.Cc1nc2c(C)cc(Br)cn2n1. The van der Waals surface area contributed by atoms with Crippen LogP contribution in [0.4, 0.5) is 0 Å². The Balaban J connectivity index is 0.000000461. The molecule has 14 heavy (non-hydrogen) atoms. The van der Waals surface area contributed by atoms with Crippen molar-refractivity contribution in [1.29, 1.82) is 0 Å². The number of aromatic nitrogens is 3. The molecule has 0 saturated heterocycles. The van der Waals surface area contributed by atoms with Crippen molar-refractivity contribution in [3.63, 3.8) is 0 Å². The summed E-state index contributed by atoms with van der Waals surface area (Å²) in [5, 5.41) is 4.21. The van der Waals surface area contributed by atoms with Gasteiger partial charge in [0.1, 0.15) is 5.82 Å². The Morgan fingerprint density at radius 3 is 2.57 bits per heavy atom. The third-order valence-electron chi connectivity index (χ3n) is 1.69. The molecule has 2 aromatic rings. The second kappa shape index (κ2) is 4.55. The highest BCUT2D eigenvalue weighted by atomic mass is 79.9. The molecule has 0 aliphatic rings. The first-order valence-corrected chi connectivity index (χ1v) is 5.45. The van der Waals surface area contributed by atoms with E-state index in [1.165, 1.54) is 0 Å². The van der Waals surface area contributed by atoms with Gasteiger partial charge in [0, 0.05) is 10.7 Å². The Morgan fingerprint density at radius 1 is 1.29 bits per heavy atom. The molecule has 76 valence electrons. The van der Waals surface area contributed by atoms with Crippen molar-refractivity contribution >= 4 is 21.6 Å². The number of nitrogens with zero attached hydrogens (tertiary/aromatic N) is 3. The second-order valence-corrected chi connectivity index (χ2v) is 3.68. The lowest BCUT2D eigenvalue weighted by Gasteiger charge is -1.96.